The zero-order valence-corrected chi connectivity index (χ0v) is 17.5. The SMILES string of the molecule is c1nc2c(Nc3ccc(N4CCSCC4)cc3)nc(-c3ccc4cn[nH]c4c3)cn2n1. The molecule has 1 fully saturated rings. The van der Waals surface area contributed by atoms with Crippen LogP contribution in [0.4, 0.5) is 17.2 Å². The van der Waals surface area contributed by atoms with Gasteiger partial charge in [0, 0.05) is 46.9 Å². The summed E-state index contributed by atoms with van der Waals surface area (Å²) in [4.78, 5) is 11.7. The van der Waals surface area contributed by atoms with Gasteiger partial charge < -0.3 is 10.2 Å². The zero-order chi connectivity index (χ0) is 20.6. The van der Waals surface area contributed by atoms with Gasteiger partial charge in [-0.15, -0.1) is 0 Å². The standard InChI is InChI=1S/C22H20N8S/c1-2-16-12-24-28-19(16)11-15(1)20-13-30-22(23-14-25-30)21(27-20)26-17-3-5-18(6-4-17)29-7-9-31-10-8-29/h1-6,11-14H,7-10H2,(H,24,28)(H,26,27). The van der Waals surface area contributed by atoms with Crippen molar-refractivity contribution >= 4 is 45.5 Å². The van der Waals surface area contributed by atoms with Crippen LogP contribution in [-0.4, -0.2) is 54.4 Å². The van der Waals surface area contributed by atoms with Crippen LogP contribution in [0.15, 0.2) is 61.2 Å². The topological polar surface area (TPSA) is 87.0 Å². The molecule has 1 aliphatic heterocycles. The van der Waals surface area contributed by atoms with Crippen LogP contribution in [0.3, 0.4) is 0 Å². The van der Waals surface area contributed by atoms with Crippen molar-refractivity contribution < 1.29 is 0 Å². The van der Waals surface area contributed by atoms with Gasteiger partial charge >= 0.3 is 0 Å². The minimum absolute atomic E-state index is 0.668. The quantitative estimate of drug-likeness (QED) is 0.448. The maximum Gasteiger partial charge on any atom is 0.198 e. The lowest BCUT2D eigenvalue weighted by Gasteiger charge is -2.28. The van der Waals surface area contributed by atoms with E-state index in [2.05, 4.69) is 54.8 Å². The first kappa shape index (κ1) is 18.2. The van der Waals surface area contributed by atoms with E-state index >= 15 is 0 Å². The van der Waals surface area contributed by atoms with Crippen molar-refractivity contribution in [2.24, 2.45) is 0 Å². The van der Waals surface area contributed by atoms with Crippen molar-refractivity contribution in [1.29, 1.82) is 0 Å². The number of hydrogen-bond acceptors (Lipinski definition) is 7. The predicted molar refractivity (Wildman–Crippen MR) is 125 cm³/mol. The first-order chi connectivity index (χ1) is 15.3. The summed E-state index contributed by atoms with van der Waals surface area (Å²) in [5.74, 6) is 3.04. The number of hydrogen-bond donors (Lipinski definition) is 2. The summed E-state index contributed by atoms with van der Waals surface area (Å²) in [7, 11) is 0. The van der Waals surface area contributed by atoms with Crippen molar-refractivity contribution in [3.05, 3.63) is 61.2 Å². The number of thioether (sulfide) groups is 1. The van der Waals surface area contributed by atoms with Gasteiger partial charge in [0.05, 0.1) is 23.6 Å². The largest absolute Gasteiger partial charge is 0.370 e. The van der Waals surface area contributed by atoms with E-state index < -0.39 is 0 Å². The third-order valence-corrected chi connectivity index (χ3v) is 6.45. The average Bonchev–Trinajstić information content (AvgIpc) is 3.49. The molecule has 5 aromatic rings. The number of nitrogens with one attached hydrogen (secondary N) is 2. The van der Waals surface area contributed by atoms with Gasteiger partial charge in [0.1, 0.15) is 6.33 Å². The number of fused-ring (bicyclic) bond motifs is 2. The van der Waals surface area contributed by atoms with Crippen LogP contribution in [0.5, 0.6) is 0 Å². The highest BCUT2D eigenvalue weighted by Crippen LogP contribution is 2.27. The molecule has 1 aliphatic rings. The molecule has 0 amide bonds. The summed E-state index contributed by atoms with van der Waals surface area (Å²) in [6.07, 6.45) is 5.25. The number of benzene rings is 2. The molecular weight excluding hydrogens is 408 g/mol. The first-order valence-corrected chi connectivity index (χ1v) is 11.3. The summed E-state index contributed by atoms with van der Waals surface area (Å²) < 4.78 is 1.75. The van der Waals surface area contributed by atoms with Crippen LogP contribution in [0, 0.1) is 0 Å². The summed E-state index contributed by atoms with van der Waals surface area (Å²) in [5, 5.41) is 15.9. The van der Waals surface area contributed by atoms with E-state index in [1.165, 1.54) is 17.2 Å². The number of aromatic nitrogens is 6. The molecule has 0 aliphatic carbocycles. The Kier molecular flexibility index (Phi) is 4.45. The number of anilines is 3. The molecule has 4 heterocycles. The van der Waals surface area contributed by atoms with E-state index in [0.717, 1.165) is 40.9 Å². The van der Waals surface area contributed by atoms with E-state index in [1.54, 1.807) is 10.8 Å². The number of nitrogens with zero attached hydrogens (tertiary/aromatic N) is 6. The van der Waals surface area contributed by atoms with Crippen LogP contribution < -0.4 is 10.2 Å². The Morgan fingerprint density at radius 1 is 1.03 bits per heavy atom. The molecule has 6 rings (SSSR count). The second-order valence-electron chi connectivity index (χ2n) is 7.45. The van der Waals surface area contributed by atoms with Crippen molar-refractivity contribution in [2.45, 2.75) is 0 Å². The summed E-state index contributed by atoms with van der Waals surface area (Å²) >= 11 is 2.02. The van der Waals surface area contributed by atoms with Gasteiger partial charge in [0.15, 0.2) is 11.5 Å². The van der Waals surface area contributed by atoms with Crippen molar-refractivity contribution in [2.75, 3.05) is 34.8 Å². The molecule has 8 nitrogen and oxygen atoms in total. The fourth-order valence-electron chi connectivity index (χ4n) is 3.86. The van der Waals surface area contributed by atoms with E-state index in [0.29, 0.717) is 11.5 Å². The fourth-order valence-corrected chi connectivity index (χ4v) is 4.77. The van der Waals surface area contributed by atoms with Gasteiger partial charge in [0.25, 0.3) is 0 Å². The Labute approximate surface area is 182 Å². The molecule has 31 heavy (non-hydrogen) atoms. The molecule has 154 valence electrons. The monoisotopic (exact) mass is 428 g/mol. The Morgan fingerprint density at radius 3 is 2.77 bits per heavy atom. The fraction of sp³-hybridized carbons (Fsp3) is 0.182. The Balaban J connectivity index is 1.33. The molecule has 0 unspecified atom stereocenters. The highest BCUT2D eigenvalue weighted by molar-refractivity contribution is 7.99. The molecular formula is C22H20N8S. The average molecular weight is 429 g/mol. The number of rotatable bonds is 4. The Hall–Kier alpha value is -3.59. The molecule has 0 bridgehead atoms. The van der Waals surface area contributed by atoms with E-state index in [9.17, 15) is 0 Å². The molecule has 0 radical (unpaired) electrons. The van der Waals surface area contributed by atoms with Gasteiger partial charge in [-0.3, -0.25) is 5.10 Å². The molecule has 0 saturated carbocycles. The van der Waals surface area contributed by atoms with Crippen LogP contribution in [0.2, 0.25) is 0 Å². The van der Waals surface area contributed by atoms with Gasteiger partial charge in [-0.1, -0.05) is 12.1 Å². The lowest BCUT2D eigenvalue weighted by molar-refractivity contribution is 0.859. The lowest BCUT2D eigenvalue weighted by atomic mass is 10.1. The van der Waals surface area contributed by atoms with Crippen molar-refractivity contribution in [3.8, 4) is 11.3 Å². The molecule has 2 aromatic carbocycles. The van der Waals surface area contributed by atoms with Gasteiger partial charge in [-0.05, 0) is 30.3 Å². The molecule has 9 heteroatoms. The van der Waals surface area contributed by atoms with Crippen molar-refractivity contribution in [1.82, 2.24) is 29.8 Å². The van der Waals surface area contributed by atoms with Gasteiger partial charge in [0.2, 0.25) is 0 Å². The van der Waals surface area contributed by atoms with Crippen LogP contribution in [0.25, 0.3) is 27.8 Å². The second kappa shape index (κ2) is 7.59. The minimum atomic E-state index is 0.668. The molecule has 2 N–H and O–H groups in total. The van der Waals surface area contributed by atoms with E-state index in [-0.39, 0.29) is 0 Å². The smallest absolute Gasteiger partial charge is 0.198 e. The van der Waals surface area contributed by atoms with Crippen LogP contribution in [0.1, 0.15) is 0 Å². The molecule has 3 aromatic heterocycles. The molecule has 0 atom stereocenters. The third kappa shape index (κ3) is 3.46. The minimum Gasteiger partial charge on any atom is -0.370 e. The lowest BCUT2D eigenvalue weighted by Crippen LogP contribution is -2.32. The second-order valence-corrected chi connectivity index (χ2v) is 8.67. The Bertz CT molecular complexity index is 1350. The molecule has 0 spiro atoms. The summed E-state index contributed by atoms with van der Waals surface area (Å²) in [6.45, 7) is 2.20. The molecule has 1 saturated heterocycles. The van der Waals surface area contributed by atoms with Gasteiger partial charge in [-0.2, -0.15) is 22.0 Å². The van der Waals surface area contributed by atoms with E-state index in [4.69, 9.17) is 4.98 Å². The van der Waals surface area contributed by atoms with E-state index in [1.807, 2.05) is 42.4 Å². The highest BCUT2D eigenvalue weighted by atomic mass is 32.2. The Morgan fingerprint density at radius 2 is 1.90 bits per heavy atom. The van der Waals surface area contributed by atoms with Crippen LogP contribution in [-0.2, 0) is 0 Å². The summed E-state index contributed by atoms with van der Waals surface area (Å²) in [5.41, 5.74) is 5.67. The maximum absolute atomic E-state index is 4.86. The normalized spacial score (nSPS) is 14.4. The predicted octanol–water partition coefficient (Wildman–Crippen LogP) is 3.96. The number of H-pyrrole nitrogens is 1. The number of aromatic amines is 1. The summed E-state index contributed by atoms with van der Waals surface area (Å²) in [6, 6.07) is 14.6. The third-order valence-electron chi connectivity index (χ3n) is 5.51. The zero-order valence-electron chi connectivity index (χ0n) is 16.7. The first-order valence-electron chi connectivity index (χ1n) is 10.2. The maximum atomic E-state index is 4.86. The van der Waals surface area contributed by atoms with Crippen LogP contribution >= 0.6 is 11.8 Å². The van der Waals surface area contributed by atoms with Gasteiger partial charge in [-0.25, -0.2) is 14.5 Å². The van der Waals surface area contributed by atoms with Crippen molar-refractivity contribution in [3.63, 3.8) is 0 Å². The highest BCUT2D eigenvalue weighted by Gasteiger charge is 2.13.